The van der Waals surface area contributed by atoms with E-state index in [-0.39, 0.29) is 29.9 Å². The SMILES string of the molecule is CC(C)[C@H](NC(=O)[C@H](C)N)C(=O)N1CCC[C@H]1COC(c1ccccc1)c1ccccc1. The Hall–Kier alpha value is -2.70. The average Bonchev–Trinajstić information content (AvgIpc) is 3.27. The van der Waals surface area contributed by atoms with Gasteiger partial charge in [-0.05, 0) is 36.8 Å². The van der Waals surface area contributed by atoms with Gasteiger partial charge in [0, 0.05) is 6.54 Å². The number of hydrogen-bond acceptors (Lipinski definition) is 4. The molecule has 0 spiro atoms. The molecule has 172 valence electrons. The van der Waals surface area contributed by atoms with Gasteiger partial charge in [0.25, 0.3) is 0 Å². The van der Waals surface area contributed by atoms with Crippen LogP contribution in [0.2, 0.25) is 0 Å². The molecule has 1 fully saturated rings. The summed E-state index contributed by atoms with van der Waals surface area (Å²) in [5, 5.41) is 2.83. The third-order valence-electron chi connectivity index (χ3n) is 5.96. The summed E-state index contributed by atoms with van der Waals surface area (Å²) in [6.07, 6.45) is 1.61. The van der Waals surface area contributed by atoms with E-state index >= 15 is 0 Å². The van der Waals surface area contributed by atoms with Gasteiger partial charge >= 0.3 is 0 Å². The molecule has 6 nitrogen and oxygen atoms in total. The summed E-state index contributed by atoms with van der Waals surface area (Å²) in [7, 11) is 0. The van der Waals surface area contributed by atoms with Crippen LogP contribution in [-0.4, -0.2) is 48.0 Å². The summed E-state index contributed by atoms with van der Waals surface area (Å²) in [6.45, 7) is 6.60. The number of carbonyl (C=O) groups excluding carboxylic acids is 2. The molecule has 3 atom stereocenters. The van der Waals surface area contributed by atoms with Crippen molar-refractivity contribution in [3.05, 3.63) is 71.8 Å². The fraction of sp³-hybridized carbons (Fsp3) is 0.462. The van der Waals surface area contributed by atoms with Crippen molar-refractivity contribution in [3.63, 3.8) is 0 Å². The fourth-order valence-corrected chi connectivity index (χ4v) is 4.12. The van der Waals surface area contributed by atoms with E-state index in [2.05, 4.69) is 29.6 Å². The predicted molar refractivity (Wildman–Crippen MR) is 126 cm³/mol. The number of likely N-dealkylation sites (tertiary alicyclic amines) is 1. The van der Waals surface area contributed by atoms with E-state index in [9.17, 15) is 9.59 Å². The van der Waals surface area contributed by atoms with Gasteiger partial charge in [0.05, 0.1) is 18.7 Å². The molecule has 0 aromatic heterocycles. The molecule has 2 amide bonds. The number of ether oxygens (including phenoxy) is 1. The number of rotatable bonds is 9. The molecule has 1 heterocycles. The smallest absolute Gasteiger partial charge is 0.245 e. The normalized spacial score (nSPS) is 18.1. The molecule has 32 heavy (non-hydrogen) atoms. The van der Waals surface area contributed by atoms with Crippen LogP contribution >= 0.6 is 0 Å². The third kappa shape index (κ3) is 5.96. The topological polar surface area (TPSA) is 84.7 Å². The van der Waals surface area contributed by atoms with Crippen LogP contribution in [0.1, 0.15) is 50.8 Å². The quantitative estimate of drug-likeness (QED) is 0.631. The molecule has 0 saturated carbocycles. The monoisotopic (exact) mass is 437 g/mol. The van der Waals surface area contributed by atoms with Gasteiger partial charge in [0.2, 0.25) is 11.8 Å². The minimum absolute atomic E-state index is 0.0223. The molecule has 6 heteroatoms. The van der Waals surface area contributed by atoms with Crippen LogP contribution < -0.4 is 11.1 Å². The van der Waals surface area contributed by atoms with Crippen molar-refractivity contribution < 1.29 is 14.3 Å². The van der Waals surface area contributed by atoms with Crippen LogP contribution in [-0.2, 0) is 14.3 Å². The van der Waals surface area contributed by atoms with E-state index in [1.807, 2.05) is 55.1 Å². The number of hydrogen-bond donors (Lipinski definition) is 2. The van der Waals surface area contributed by atoms with Crippen LogP contribution in [0, 0.1) is 5.92 Å². The van der Waals surface area contributed by atoms with Crippen LogP contribution in [0.5, 0.6) is 0 Å². The lowest BCUT2D eigenvalue weighted by Gasteiger charge is -2.32. The number of nitrogens with one attached hydrogen (secondary N) is 1. The summed E-state index contributed by atoms with van der Waals surface area (Å²) < 4.78 is 6.44. The van der Waals surface area contributed by atoms with Gasteiger partial charge in [-0.3, -0.25) is 9.59 Å². The Morgan fingerprint density at radius 3 is 2.09 bits per heavy atom. The molecule has 2 aromatic rings. The number of amides is 2. The highest BCUT2D eigenvalue weighted by molar-refractivity contribution is 5.90. The first-order valence-corrected chi connectivity index (χ1v) is 11.5. The lowest BCUT2D eigenvalue weighted by molar-refractivity contribution is -0.139. The third-order valence-corrected chi connectivity index (χ3v) is 5.96. The largest absolute Gasteiger partial charge is 0.367 e. The second kappa shape index (κ2) is 11.2. The number of benzene rings is 2. The van der Waals surface area contributed by atoms with Crippen molar-refractivity contribution >= 4 is 11.8 Å². The minimum Gasteiger partial charge on any atom is -0.367 e. The molecule has 0 aliphatic carbocycles. The van der Waals surface area contributed by atoms with Gasteiger partial charge in [-0.1, -0.05) is 74.5 Å². The number of carbonyl (C=O) groups is 2. The lowest BCUT2D eigenvalue weighted by atomic mass is 10.0. The Bertz CT molecular complexity index is 831. The predicted octanol–water partition coefficient (Wildman–Crippen LogP) is 3.27. The van der Waals surface area contributed by atoms with Gasteiger partial charge in [-0.2, -0.15) is 0 Å². The van der Waals surface area contributed by atoms with Gasteiger partial charge in [0.15, 0.2) is 0 Å². The number of nitrogens with zero attached hydrogens (tertiary/aromatic N) is 1. The van der Waals surface area contributed by atoms with Gasteiger partial charge in [-0.15, -0.1) is 0 Å². The van der Waals surface area contributed by atoms with Crippen molar-refractivity contribution in [2.45, 2.75) is 57.8 Å². The second-order valence-corrected chi connectivity index (χ2v) is 8.88. The van der Waals surface area contributed by atoms with Crippen LogP contribution in [0.15, 0.2) is 60.7 Å². The maximum atomic E-state index is 13.4. The molecule has 0 radical (unpaired) electrons. The van der Waals surface area contributed by atoms with Crippen LogP contribution in [0.4, 0.5) is 0 Å². The Balaban J connectivity index is 1.72. The Kier molecular flexibility index (Phi) is 8.42. The molecule has 1 saturated heterocycles. The first-order valence-electron chi connectivity index (χ1n) is 11.5. The van der Waals surface area contributed by atoms with E-state index in [0.29, 0.717) is 13.2 Å². The second-order valence-electron chi connectivity index (χ2n) is 8.88. The van der Waals surface area contributed by atoms with Crippen molar-refractivity contribution in [2.24, 2.45) is 11.7 Å². The zero-order valence-corrected chi connectivity index (χ0v) is 19.2. The first kappa shape index (κ1) is 24.0. The molecule has 2 aromatic carbocycles. The van der Waals surface area contributed by atoms with Crippen molar-refractivity contribution in [3.8, 4) is 0 Å². The summed E-state index contributed by atoms with van der Waals surface area (Å²) in [5.41, 5.74) is 7.86. The van der Waals surface area contributed by atoms with Crippen molar-refractivity contribution in [1.82, 2.24) is 10.2 Å². The lowest BCUT2D eigenvalue weighted by Crippen LogP contribution is -2.55. The highest BCUT2D eigenvalue weighted by atomic mass is 16.5. The molecule has 3 N–H and O–H groups in total. The first-order chi connectivity index (χ1) is 15.4. The summed E-state index contributed by atoms with van der Waals surface area (Å²) >= 11 is 0. The molecular weight excluding hydrogens is 402 g/mol. The van der Waals surface area contributed by atoms with Crippen LogP contribution in [0.25, 0.3) is 0 Å². The average molecular weight is 438 g/mol. The molecule has 0 unspecified atom stereocenters. The Morgan fingerprint density at radius 1 is 1.03 bits per heavy atom. The van der Waals surface area contributed by atoms with E-state index in [0.717, 1.165) is 24.0 Å². The zero-order chi connectivity index (χ0) is 23.1. The summed E-state index contributed by atoms with van der Waals surface area (Å²) in [5.74, 6) is -0.401. The van der Waals surface area contributed by atoms with E-state index in [1.165, 1.54) is 0 Å². The van der Waals surface area contributed by atoms with E-state index < -0.39 is 12.1 Å². The maximum Gasteiger partial charge on any atom is 0.245 e. The van der Waals surface area contributed by atoms with Crippen molar-refractivity contribution in [2.75, 3.05) is 13.2 Å². The Morgan fingerprint density at radius 2 is 1.59 bits per heavy atom. The standard InChI is InChI=1S/C26H35N3O3/c1-18(2)23(28-25(30)19(3)27)26(31)29-16-10-15-22(29)17-32-24(20-11-6-4-7-12-20)21-13-8-5-9-14-21/h4-9,11-14,18-19,22-24H,10,15-17,27H2,1-3H3,(H,28,30)/t19-,22-,23-/m0/s1. The van der Waals surface area contributed by atoms with Gasteiger partial charge < -0.3 is 20.7 Å². The minimum atomic E-state index is -0.653. The molecule has 0 bridgehead atoms. The highest BCUT2D eigenvalue weighted by Crippen LogP contribution is 2.28. The molecular formula is C26H35N3O3. The number of nitrogens with two attached hydrogens (primary N) is 1. The molecule has 1 aliphatic heterocycles. The maximum absolute atomic E-state index is 13.4. The van der Waals surface area contributed by atoms with E-state index in [1.54, 1.807) is 6.92 Å². The summed E-state index contributed by atoms with van der Waals surface area (Å²) in [6, 6.07) is 19.0. The van der Waals surface area contributed by atoms with Gasteiger partial charge in [-0.25, -0.2) is 0 Å². The van der Waals surface area contributed by atoms with Crippen LogP contribution in [0.3, 0.4) is 0 Å². The molecule has 3 rings (SSSR count). The fourth-order valence-electron chi connectivity index (χ4n) is 4.12. The van der Waals surface area contributed by atoms with Crippen molar-refractivity contribution in [1.29, 1.82) is 0 Å². The van der Waals surface area contributed by atoms with E-state index in [4.69, 9.17) is 10.5 Å². The highest BCUT2D eigenvalue weighted by Gasteiger charge is 2.36. The zero-order valence-electron chi connectivity index (χ0n) is 19.2. The molecule has 1 aliphatic rings. The van der Waals surface area contributed by atoms with Gasteiger partial charge in [0.1, 0.15) is 12.1 Å². The summed E-state index contributed by atoms with van der Waals surface area (Å²) in [4.78, 5) is 27.4. The Labute approximate surface area is 191 Å².